The van der Waals surface area contributed by atoms with Crippen LogP contribution in [0.25, 0.3) is 10.9 Å². The molecule has 0 spiro atoms. The summed E-state index contributed by atoms with van der Waals surface area (Å²) in [6, 6.07) is 5.36. The molecule has 0 aliphatic carbocycles. The Morgan fingerprint density at radius 1 is 1.38 bits per heavy atom. The van der Waals surface area contributed by atoms with Crippen LogP contribution in [0.15, 0.2) is 29.2 Å². The second-order valence-corrected chi connectivity index (χ2v) is 5.52. The Hall–Kier alpha value is -2.30. The van der Waals surface area contributed by atoms with Gasteiger partial charge in [-0.1, -0.05) is 19.9 Å². The number of hydrogen-bond acceptors (Lipinski definition) is 3. The minimum Gasteiger partial charge on any atom is -0.398 e. The van der Waals surface area contributed by atoms with Gasteiger partial charge >= 0.3 is 0 Å². The Morgan fingerprint density at radius 3 is 2.71 bits per heavy atom. The molecular formula is C16H21N3O2. The predicted octanol–water partition coefficient (Wildman–Crippen LogP) is 1.99. The Morgan fingerprint density at radius 2 is 2.10 bits per heavy atom. The SMILES string of the molecule is CCNC(=O)c1cn(CC(C)C)c2cccc(N)c2c1=O. The number of amides is 1. The minimum atomic E-state index is -0.356. The van der Waals surface area contributed by atoms with Crippen molar-refractivity contribution in [2.75, 3.05) is 12.3 Å². The van der Waals surface area contributed by atoms with Crippen LogP contribution >= 0.6 is 0 Å². The van der Waals surface area contributed by atoms with Gasteiger partial charge in [-0.25, -0.2) is 0 Å². The van der Waals surface area contributed by atoms with Gasteiger partial charge in [-0.2, -0.15) is 0 Å². The molecule has 5 heteroatoms. The smallest absolute Gasteiger partial charge is 0.256 e. The van der Waals surface area contributed by atoms with Crippen LogP contribution in [0.4, 0.5) is 5.69 Å². The number of nitrogens with two attached hydrogens (primary N) is 1. The largest absolute Gasteiger partial charge is 0.398 e. The van der Waals surface area contributed by atoms with Crippen molar-refractivity contribution in [3.63, 3.8) is 0 Å². The number of anilines is 1. The average molecular weight is 287 g/mol. The van der Waals surface area contributed by atoms with Gasteiger partial charge in [0.05, 0.1) is 10.9 Å². The van der Waals surface area contributed by atoms with E-state index in [2.05, 4.69) is 19.2 Å². The molecule has 0 aliphatic rings. The molecule has 0 radical (unpaired) electrons. The summed E-state index contributed by atoms with van der Waals surface area (Å²) in [5.74, 6) is 0.0318. The Labute approximate surface area is 123 Å². The van der Waals surface area contributed by atoms with E-state index in [-0.39, 0.29) is 16.9 Å². The Kier molecular flexibility index (Phi) is 4.31. The topological polar surface area (TPSA) is 77.1 Å². The van der Waals surface area contributed by atoms with Crippen molar-refractivity contribution in [3.8, 4) is 0 Å². The zero-order valence-corrected chi connectivity index (χ0v) is 12.6. The zero-order chi connectivity index (χ0) is 15.6. The van der Waals surface area contributed by atoms with Crippen LogP contribution < -0.4 is 16.5 Å². The lowest BCUT2D eigenvalue weighted by Gasteiger charge is -2.16. The van der Waals surface area contributed by atoms with Crippen LogP contribution in [0.3, 0.4) is 0 Å². The number of rotatable bonds is 4. The maximum atomic E-state index is 12.5. The van der Waals surface area contributed by atoms with Crippen molar-refractivity contribution in [1.29, 1.82) is 0 Å². The van der Waals surface area contributed by atoms with Crippen LogP contribution in [0.1, 0.15) is 31.1 Å². The predicted molar refractivity (Wildman–Crippen MR) is 85.5 cm³/mol. The maximum absolute atomic E-state index is 12.5. The minimum absolute atomic E-state index is 0.142. The standard InChI is InChI=1S/C16H21N3O2/c1-4-18-16(21)11-9-19(8-10(2)3)13-7-5-6-12(17)14(13)15(11)20/h5-7,9-10H,4,8,17H2,1-3H3,(H,18,21). The first-order chi connectivity index (χ1) is 9.95. The number of fused-ring (bicyclic) bond motifs is 1. The van der Waals surface area contributed by atoms with Gasteiger partial charge in [0, 0.05) is 25.0 Å². The number of hydrogen-bond donors (Lipinski definition) is 2. The molecule has 1 aromatic carbocycles. The Balaban J connectivity index is 2.77. The number of nitrogens with one attached hydrogen (secondary N) is 1. The summed E-state index contributed by atoms with van der Waals surface area (Å²) in [7, 11) is 0. The van der Waals surface area contributed by atoms with E-state index in [4.69, 9.17) is 5.73 Å². The first-order valence-corrected chi connectivity index (χ1v) is 7.15. The van der Waals surface area contributed by atoms with Gasteiger partial charge < -0.3 is 15.6 Å². The number of nitrogens with zero attached hydrogens (tertiary/aromatic N) is 1. The van der Waals surface area contributed by atoms with Crippen molar-refractivity contribution >= 4 is 22.5 Å². The summed E-state index contributed by atoms with van der Waals surface area (Å²) < 4.78 is 1.93. The molecule has 0 fully saturated rings. The number of nitrogen functional groups attached to an aromatic ring is 1. The van der Waals surface area contributed by atoms with E-state index in [1.54, 1.807) is 12.3 Å². The van der Waals surface area contributed by atoms with E-state index in [9.17, 15) is 9.59 Å². The summed E-state index contributed by atoms with van der Waals surface area (Å²) in [5.41, 5.74) is 6.95. The fraction of sp³-hybridized carbons (Fsp3) is 0.375. The second-order valence-electron chi connectivity index (χ2n) is 5.52. The summed E-state index contributed by atoms with van der Waals surface area (Å²) in [4.78, 5) is 24.6. The van der Waals surface area contributed by atoms with Crippen LogP contribution in [-0.4, -0.2) is 17.0 Å². The molecule has 2 aromatic rings. The molecule has 1 amide bonds. The molecule has 0 atom stereocenters. The van der Waals surface area contributed by atoms with E-state index in [1.165, 1.54) is 0 Å². The van der Waals surface area contributed by atoms with Crippen molar-refractivity contribution in [1.82, 2.24) is 9.88 Å². The molecule has 0 saturated carbocycles. The molecule has 3 N–H and O–H groups in total. The van der Waals surface area contributed by atoms with Crippen LogP contribution in [0.2, 0.25) is 0 Å². The highest BCUT2D eigenvalue weighted by atomic mass is 16.2. The van der Waals surface area contributed by atoms with E-state index in [0.717, 1.165) is 5.52 Å². The first kappa shape index (κ1) is 15.1. The molecule has 112 valence electrons. The van der Waals surface area contributed by atoms with Crippen LogP contribution in [-0.2, 0) is 6.54 Å². The zero-order valence-electron chi connectivity index (χ0n) is 12.6. The quantitative estimate of drug-likeness (QED) is 0.844. The normalized spacial score (nSPS) is 11.0. The molecule has 5 nitrogen and oxygen atoms in total. The summed E-state index contributed by atoms with van der Waals surface area (Å²) in [6.07, 6.45) is 1.63. The molecule has 1 aromatic heterocycles. The third kappa shape index (κ3) is 2.91. The molecule has 0 bridgehead atoms. The van der Waals surface area contributed by atoms with E-state index in [1.807, 2.05) is 23.6 Å². The molecule has 21 heavy (non-hydrogen) atoms. The van der Waals surface area contributed by atoms with Crippen LogP contribution in [0, 0.1) is 5.92 Å². The lowest BCUT2D eigenvalue weighted by molar-refractivity contribution is 0.0954. The molecule has 2 rings (SSSR count). The highest BCUT2D eigenvalue weighted by molar-refractivity contribution is 6.00. The van der Waals surface area contributed by atoms with Crippen molar-refractivity contribution < 1.29 is 4.79 Å². The van der Waals surface area contributed by atoms with Crippen molar-refractivity contribution in [2.45, 2.75) is 27.3 Å². The second kappa shape index (κ2) is 5.99. The average Bonchev–Trinajstić information content (AvgIpc) is 2.41. The van der Waals surface area contributed by atoms with Gasteiger partial charge in [-0.15, -0.1) is 0 Å². The van der Waals surface area contributed by atoms with Crippen LogP contribution in [0.5, 0.6) is 0 Å². The molecule has 0 aliphatic heterocycles. The van der Waals surface area contributed by atoms with Gasteiger partial charge in [0.1, 0.15) is 5.56 Å². The number of pyridine rings is 1. The lowest BCUT2D eigenvalue weighted by atomic mass is 10.1. The monoisotopic (exact) mass is 287 g/mol. The van der Waals surface area contributed by atoms with Gasteiger partial charge in [0.25, 0.3) is 5.91 Å². The van der Waals surface area contributed by atoms with E-state index in [0.29, 0.717) is 30.1 Å². The Bertz CT molecular complexity index is 732. The van der Waals surface area contributed by atoms with Gasteiger partial charge in [-0.3, -0.25) is 9.59 Å². The third-order valence-electron chi connectivity index (χ3n) is 3.28. The highest BCUT2D eigenvalue weighted by Gasteiger charge is 2.16. The van der Waals surface area contributed by atoms with Gasteiger partial charge in [0.15, 0.2) is 0 Å². The fourth-order valence-corrected chi connectivity index (χ4v) is 2.42. The fourth-order valence-electron chi connectivity index (χ4n) is 2.42. The molecule has 1 heterocycles. The number of carbonyl (C=O) groups excluding carboxylic acids is 1. The van der Waals surface area contributed by atoms with Gasteiger partial charge in [0.2, 0.25) is 5.43 Å². The number of aromatic nitrogens is 1. The summed E-state index contributed by atoms with van der Waals surface area (Å²) >= 11 is 0. The maximum Gasteiger partial charge on any atom is 0.256 e. The number of benzene rings is 1. The third-order valence-corrected chi connectivity index (χ3v) is 3.28. The molecular weight excluding hydrogens is 266 g/mol. The van der Waals surface area contributed by atoms with Gasteiger partial charge in [-0.05, 0) is 25.0 Å². The highest BCUT2D eigenvalue weighted by Crippen LogP contribution is 2.19. The molecule has 0 unspecified atom stereocenters. The summed E-state index contributed by atoms with van der Waals surface area (Å²) in [6.45, 7) is 7.18. The number of carbonyl (C=O) groups is 1. The summed E-state index contributed by atoms with van der Waals surface area (Å²) in [5, 5.41) is 3.09. The van der Waals surface area contributed by atoms with Crippen molar-refractivity contribution in [3.05, 3.63) is 40.2 Å². The first-order valence-electron chi connectivity index (χ1n) is 7.15. The lowest BCUT2D eigenvalue weighted by Crippen LogP contribution is -2.30. The van der Waals surface area contributed by atoms with E-state index >= 15 is 0 Å². The van der Waals surface area contributed by atoms with E-state index < -0.39 is 0 Å². The molecule has 0 saturated heterocycles. The van der Waals surface area contributed by atoms with Crippen molar-refractivity contribution in [2.24, 2.45) is 5.92 Å².